The Balaban J connectivity index is 0.944. The summed E-state index contributed by atoms with van der Waals surface area (Å²) in [5.74, 6) is 1.77. The zero-order chi connectivity index (χ0) is 36.7. The van der Waals surface area contributed by atoms with E-state index in [1.807, 2.05) is 11.8 Å². The molecular weight excluding hydrogens is 683 g/mol. The fraction of sp³-hybridized carbons (Fsp3) is 0.245. The minimum atomic E-state index is 0.0613. The number of hydrogen-bond acceptors (Lipinski definition) is 2. The van der Waals surface area contributed by atoms with E-state index in [-0.39, 0.29) is 11.5 Å². The summed E-state index contributed by atoms with van der Waals surface area (Å²) in [4.78, 5) is 4.04. The molecule has 0 amide bonds. The molecule has 0 fully saturated rings. The number of fused-ring (bicyclic) bond motifs is 8. The molecule has 4 aromatic rings. The molecule has 1 nitrogen and oxygen atoms in total. The van der Waals surface area contributed by atoms with E-state index >= 15 is 0 Å². The number of benzene rings is 4. The summed E-state index contributed by atoms with van der Waals surface area (Å²) in [5, 5.41) is 0.417. The molecule has 0 N–H and O–H groups in total. The highest BCUT2D eigenvalue weighted by Crippen LogP contribution is 2.55. The third-order valence-corrected chi connectivity index (χ3v) is 15.2. The number of thioether (sulfide) groups is 1. The second-order valence-electron chi connectivity index (χ2n) is 17.0. The van der Waals surface area contributed by atoms with Gasteiger partial charge in [0.1, 0.15) is 0 Å². The van der Waals surface area contributed by atoms with E-state index in [0.29, 0.717) is 28.9 Å². The topological polar surface area (TPSA) is 3.24 Å². The molecule has 1 heterocycles. The van der Waals surface area contributed by atoms with Gasteiger partial charge in [-0.1, -0.05) is 147 Å². The zero-order valence-corrected chi connectivity index (χ0v) is 32.6. The summed E-state index contributed by atoms with van der Waals surface area (Å²) in [7, 11) is 0. The van der Waals surface area contributed by atoms with E-state index in [4.69, 9.17) is 0 Å². The predicted octanol–water partition coefficient (Wildman–Crippen LogP) is 13.7. The Hall–Kier alpha value is -5.05. The van der Waals surface area contributed by atoms with Gasteiger partial charge in [-0.3, -0.25) is 0 Å². The molecule has 0 saturated carbocycles. The Bertz CT molecular complexity index is 2480. The lowest BCUT2D eigenvalue weighted by Gasteiger charge is -2.36. The van der Waals surface area contributed by atoms with Gasteiger partial charge < -0.3 is 4.90 Å². The van der Waals surface area contributed by atoms with Crippen LogP contribution in [0.1, 0.15) is 90.7 Å². The summed E-state index contributed by atoms with van der Waals surface area (Å²) >= 11 is 2.02. The third kappa shape index (κ3) is 5.35. The molecule has 270 valence electrons. The van der Waals surface area contributed by atoms with Crippen LogP contribution in [0.15, 0.2) is 180 Å². The normalized spacial score (nSPS) is 27.4. The first-order chi connectivity index (χ1) is 27.0. The quantitative estimate of drug-likeness (QED) is 0.201. The van der Waals surface area contributed by atoms with Crippen molar-refractivity contribution in [1.82, 2.24) is 0 Å². The van der Waals surface area contributed by atoms with Gasteiger partial charge in [0.25, 0.3) is 0 Å². The molecule has 7 aliphatic rings. The SMILES string of the molecule is CC1(C)c2cc(N(c3ccc(C4=CC=CC5c6ccccc6SC45)cc3)C3C=CC(C4CC5=C(CCC=C5)c5ccccc54)=CC3)ccc2C2C=CC=CC21. The highest BCUT2D eigenvalue weighted by molar-refractivity contribution is 8.00. The Labute approximate surface area is 331 Å². The number of rotatable bonds is 5. The van der Waals surface area contributed by atoms with Gasteiger partial charge in [0.05, 0.1) is 6.04 Å². The molecule has 0 radical (unpaired) electrons. The lowest BCUT2D eigenvalue weighted by Crippen LogP contribution is -2.31. The first-order valence-corrected chi connectivity index (χ1v) is 21.3. The summed E-state index contributed by atoms with van der Waals surface area (Å²) < 4.78 is 0. The van der Waals surface area contributed by atoms with Gasteiger partial charge in [0, 0.05) is 39.3 Å². The first-order valence-electron chi connectivity index (χ1n) is 20.4. The lowest BCUT2D eigenvalue weighted by molar-refractivity contribution is 0.394. The predicted molar refractivity (Wildman–Crippen MR) is 233 cm³/mol. The highest BCUT2D eigenvalue weighted by atomic mass is 32.2. The van der Waals surface area contributed by atoms with Crippen LogP contribution in [-0.4, -0.2) is 11.3 Å². The molecule has 0 aromatic heterocycles. The van der Waals surface area contributed by atoms with Gasteiger partial charge in [-0.05, 0) is 123 Å². The zero-order valence-electron chi connectivity index (χ0n) is 31.7. The summed E-state index contributed by atoms with van der Waals surface area (Å²) in [6.45, 7) is 4.89. The van der Waals surface area contributed by atoms with Crippen LogP contribution in [-0.2, 0) is 5.41 Å². The largest absolute Gasteiger partial charge is 0.334 e. The molecule has 2 heteroatoms. The van der Waals surface area contributed by atoms with Gasteiger partial charge in [-0.15, -0.1) is 11.8 Å². The van der Waals surface area contributed by atoms with Crippen molar-refractivity contribution >= 4 is 34.3 Å². The summed E-state index contributed by atoms with van der Waals surface area (Å²) in [5.41, 5.74) is 17.3. The standard InChI is InChI=1S/C53H47NS/c1-53(2)49-20-9-7-16-44(49)45-31-30-39(33-50(45)53)54(37-26-22-34(23-27-37)41-18-11-19-47-46-17-8-10-21-51(46)55-52(41)47)38-28-24-35(25-29-38)48-32-36-12-3-4-13-40(36)42-14-5-6-15-43(42)48/h3,5-12,14-28,30-31,33,38,44,47-49,52H,4,13,29,32H2,1-2H3. The molecule has 1 aliphatic heterocycles. The highest BCUT2D eigenvalue weighted by Gasteiger charge is 2.45. The maximum Gasteiger partial charge on any atom is 0.0560 e. The molecule has 0 bridgehead atoms. The molecule has 6 aliphatic carbocycles. The summed E-state index contributed by atoms with van der Waals surface area (Å²) in [6, 6.07) is 35.3. The van der Waals surface area contributed by atoms with Crippen LogP contribution >= 0.6 is 11.8 Å². The fourth-order valence-electron chi connectivity index (χ4n) is 11.0. The van der Waals surface area contributed by atoms with Crippen molar-refractivity contribution in [3.63, 3.8) is 0 Å². The molecule has 0 saturated heterocycles. The van der Waals surface area contributed by atoms with E-state index < -0.39 is 0 Å². The van der Waals surface area contributed by atoms with Crippen molar-refractivity contribution in [2.75, 3.05) is 4.90 Å². The van der Waals surface area contributed by atoms with E-state index in [1.165, 1.54) is 66.4 Å². The number of anilines is 2. The van der Waals surface area contributed by atoms with E-state index in [2.05, 4.69) is 183 Å². The van der Waals surface area contributed by atoms with Gasteiger partial charge in [-0.2, -0.15) is 0 Å². The number of hydrogen-bond donors (Lipinski definition) is 0. The monoisotopic (exact) mass is 729 g/mol. The van der Waals surface area contributed by atoms with Crippen LogP contribution in [0.3, 0.4) is 0 Å². The van der Waals surface area contributed by atoms with Crippen molar-refractivity contribution in [2.45, 2.75) is 78.9 Å². The third-order valence-electron chi connectivity index (χ3n) is 13.8. The average molecular weight is 730 g/mol. The van der Waals surface area contributed by atoms with Gasteiger partial charge >= 0.3 is 0 Å². The van der Waals surface area contributed by atoms with Gasteiger partial charge in [0.15, 0.2) is 0 Å². The molecule has 6 unspecified atom stereocenters. The Morgan fingerprint density at radius 2 is 1.53 bits per heavy atom. The fourth-order valence-corrected chi connectivity index (χ4v) is 12.5. The van der Waals surface area contributed by atoms with Crippen molar-refractivity contribution in [3.05, 3.63) is 208 Å². The van der Waals surface area contributed by atoms with Crippen LogP contribution in [0.4, 0.5) is 11.4 Å². The van der Waals surface area contributed by atoms with Gasteiger partial charge in [-0.25, -0.2) is 0 Å². The van der Waals surface area contributed by atoms with Crippen LogP contribution in [0.2, 0.25) is 0 Å². The minimum absolute atomic E-state index is 0.0613. The average Bonchev–Trinajstić information content (AvgIpc) is 3.73. The maximum absolute atomic E-state index is 2.62. The van der Waals surface area contributed by atoms with Crippen molar-refractivity contribution in [1.29, 1.82) is 0 Å². The van der Waals surface area contributed by atoms with Crippen LogP contribution in [0.5, 0.6) is 0 Å². The minimum Gasteiger partial charge on any atom is -0.334 e. The maximum atomic E-state index is 2.62. The second kappa shape index (κ2) is 13.0. The second-order valence-corrected chi connectivity index (χ2v) is 18.2. The Kier molecular flexibility index (Phi) is 7.89. The molecule has 0 spiro atoms. The van der Waals surface area contributed by atoms with Crippen molar-refractivity contribution in [3.8, 4) is 0 Å². The Morgan fingerprint density at radius 3 is 2.40 bits per heavy atom. The van der Waals surface area contributed by atoms with E-state index in [0.717, 1.165) is 25.7 Å². The molecule has 11 rings (SSSR count). The molecule has 4 aromatic carbocycles. The molecule has 6 atom stereocenters. The van der Waals surface area contributed by atoms with Crippen molar-refractivity contribution in [2.24, 2.45) is 5.92 Å². The van der Waals surface area contributed by atoms with Crippen LogP contribution in [0.25, 0.3) is 11.1 Å². The smallest absolute Gasteiger partial charge is 0.0560 e. The van der Waals surface area contributed by atoms with Crippen LogP contribution in [0, 0.1) is 5.92 Å². The summed E-state index contributed by atoms with van der Waals surface area (Å²) in [6.07, 6.45) is 33.0. The molecular formula is C53H47NS. The number of nitrogens with zero attached hydrogens (tertiary/aromatic N) is 1. The number of allylic oxidation sites excluding steroid dienone is 13. The van der Waals surface area contributed by atoms with Crippen LogP contribution < -0.4 is 4.90 Å². The Morgan fingerprint density at radius 1 is 0.727 bits per heavy atom. The van der Waals surface area contributed by atoms with E-state index in [9.17, 15) is 0 Å². The van der Waals surface area contributed by atoms with Gasteiger partial charge in [0.2, 0.25) is 0 Å². The lowest BCUT2D eigenvalue weighted by atomic mass is 9.72. The van der Waals surface area contributed by atoms with Crippen molar-refractivity contribution < 1.29 is 0 Å². The molecule has 55 heavy (non-hydrogen) atoms. The first kappa shape index (κ1) is 33.3. The van der Waals surface area contributed by atoms with E-state index in [1.54, 1.807) is 5.57 Å².